The lowest BCUT2D eigenvalue weighted by Gasteiger charge is -2.13. The second-order valence-electron chi connectivity index (χ2n) is 9.34. The highest BCUT2D eigenvalue weighted by Crippen LogP contribution is 2.27. The molecule has 0 aromatic heterocycles. The quantitative estimate of drug-likeness (QED) is 0.105. The van der Waals surface area contributed by atoms with Crippen LogP contribution in [0.25, 0.3) is 6.08 Å². The van der Waals surface area contributed by atoms with Crippen LogP contribution in [0.2, 0.25) is 0 Å². The van der Waals surface area contributed by atoms with E-state index in [1.54, 1.807) is 97.1 Å². The van der Waals surface area contributed by atoms with E-state index >= 15 is 0 Å². The number of nitrogens with one attached hydrogen (secondary N) is 3. The fourth-order valence-electron chi connectivity index (χ4n) is 4.08. The number of esters is 1. The predicted octanol–water partition coefficient (Wildman–Crippen LogP) is 5.63. The molecule has 0 aliphatic rings. The van der Waals surface area contributed by atoms with Crippen molar-refractivity contribution in [2.45, 2.75) is 4.90 Å². The van der Waals surface area contributed by atoms with Crippen LogP contribution in [0, 0.1) is 0 Å². The van der Waals surface area contributed by atoms with E-state index in [1.165, 1.54) is 39.2 Å². The monoisotopic (exact) mass is 625 g/mol. The molecule has 0 radical (unpaired) electrons. The number of amides is 3. The summed E-state index contributed by atoms with van der Waals surface area (Å²) in [5.41, 5.74) is 2.03. The molecular weight excluding hydrogens is 594 g/mol. The second kappa shape index (κ2) is 15.8. The molecule has 0 bridgehead atoms. The maximum Gasteiger partial charge on any atom is 0.339 e. The average Bonchev–Trinajstić information content (AvgIpc) is 3.08. The molecule has 230 valence electrons. The minimum absolute atomic E-state index is 0.00493. The zero-order valence-corrected chi connectivity index (χ0v) is 25.6. The number of benzene rings is 4. The van der Waals surface area contributed by atoms with Gasteiger partial charge in [0.15, 0.2) is 0 Å². The van der Waals surface area contributed by atoms with Crippen LogP contribution in [0.4, 0.5) is 11.4 Å². The van der Waals surface area contributed by atoms with Crippen LogP contribution >= 0.6 is 11.8 Å². The lowest BCUT2D eigenvalue weighted by Crippen LogP contribution is -2.30. The van der Waals surface area contributed by atoms with Gasteiger partial charge in [-0.1, -0.05) is 30.3 Å². The fraction of sp³-hybridized carbons (Fsp3) is 0.118. The van der Waals surface area contributed by atoms with Gasteiger partial charge in [-0.2, -0.15) is 0 Å². The number of hydrogen-bond donors (Lipinski definition) is 3. The van der Waals surface area contributed by atoms with Gasteiger partial charge in [0.1, 0.15) is 17.2 Å². The summed E-state index contributed by atoms with van der Waals surface area (Å²) >= 11 is 1.28. The van der Waals surface area contributed by atoms with Crippen molar-refractivity contribution in [1.29, 1.82) is 0 Å². The van der Waals surface area contributed by atoms with Crippen molar-refractivity contribution < 1.29 is 33.4 Å². The molecule has 0 saturated heterocycles. The maximum atomic E-state index is 13.4. The van der Waals surface area contributed by atoms with Gasteiger partial charge in [-0.05, 0) is 66.7 Å². The molecule has 4 aromatic carbocycles. The Morgan fingerprint density at radius 3 is 2.18 bits per heavy atom. The predicted molar refractivity (Wildman–Crippen MR) is 174 cm³/mol. The number of thioether (sulfide) groups is 1. The summed E-state index contributed by atoms with van der Waals surface area (Å²) in [6.45, 7) is 0. The first-order chi connectivity index (χ1) is 21.8. The Morgan fingerprint density at radius 1 is 0.778 bits per heavy atom. The van der Waals surface area contributed by atoms with Gasteiger partial charge in [0.2, 0.25) is 5.91 Å². The van der Waals surface area contributed by atoms with Crippen molar-refractivity contribution in [1.82, 2.24) is 5.32 Å². The van der Waals surface area contributed by atoms with Crippen LogP contribution in [-0.4, -0.2) is 50.8 Å². The van der Waals surface area contributed by atoms with Crippen molar-refractivity contribution in [2.75, 3.05) is 37.7 Å². The van der Waals surface area contributed by atoms with Crippen molar-refractivity contribution >= 4 is 52.9 Å². The lowest BCUT2D eigenvalue weighted by atomic mass is 10.1. The maximum absolute atomic E-state index is 13.4. The topological polar surface area (TPSA) is 132 Å². The Hall–Kier alpha value is -5.55. The molecule has 0 fully saturated rings. The largest absolute Gasteiger partial charge is 0.497 e. The number of ether oxygens (including phenoxy) is 3. The third-order valence-electron chi connectivity index (χ3n) is 6.36. The third-order valence-corrected chi connectivity index (χ3v) is 7.37. The summed E-state index contributed by atoms with van der Waals surface area (Å²) in [6, 6.07) is 27.2. The Bertz CT molecular complexity index is 1710. The number of hydrogen-bond acceptors (Lipinski definition) is 8. The molecular formula is C34H31N3O7S. The Morgan fingerprint density at radius 2 is 1.49 bits per heavy atom. The van der Waals surface area contributed by atoms with E-state index in [0.717, 1.165) is 4.90 Å². The van der Waals surface area contributed by atoms with Crippen LogP contribution in [0.15, 0.2) is 108 Å². The highest BCUT2D eigenvalue weighted by atomic mass is 32.2. The van der Waals surface area contributed by atoms with Crippen molar-refractivity contribution in [3.8, 4) is 11.5 Å². The minimum Gasteiger partial charge on any atom is -0.497 e. The Kier molecular flexibility index (Phi) is 11.4. The van der Waals surface area contributed by atoms with E-state index in [-0.39, 0.29) is 22.9 Å². The first-order valence-electron chi connectivity index (χ1n) is 13.6. The molecule has 0 heterocycles. The molecule has 3 amide bonds. The number of methoxy groups -OCH3 is 3. The Labute approximate surface area is 264 Å². The molecule has 10 nitrogen and oxygen atoms in total. The Balaban J connectivity index is 1.45. The van der Waals surface area contributed by atoms with Crippen molar-refractivity contribution in [2.24, 2.45) is 0 Å². The molecule has 3 N–H and O–H groups in total. The average molecular weight is 626 g/mol. The molecule has 0 unspecified atom stereocenters. The SMILES string of the molecule is COC(=O)c1ccccc1NC(=O)CSc1ccc(NC(=O)/C(=C/c2ccc(OC)cc2OC)NC(=O)c2ccccc2)cc1. The zero-order valence-electron chi connectivity index (χ0n) is 24.8. The van der Waals surface area contributed by atoms with E-state index < -0.39 is 17.8 Å². The first-order valence-corrected chi connectivity index (χ1v) is 14.6. The number of para-hydroxylation sites is 1. The van der Waals surface area contributed by atoms with Crippen LogP contribution in [0.3, 0.4) is 0 Å². The lowest BCUT2D eigenvalue weighted by molar-refractivity contribution is -0.114. The van der Waals surface area contributed by atoms with Crippen LogP contribution < -0.4 is 25.4 Å². The number of carbonyl (C=O) groups excluding carboxylic acids is 4. The second-order valence-corrected chi connectivity index (χ2v) is 10.4. The summed E-state index contributed by atoms with van der Waals surface area (Å²) < 4.78 is 15.5. The molecule has 11 heteroatoms. The summed E-state index contributed by atoms with van der Waals surface area (Å²) in [5.74, 6) is -0.741. The van der Waals surface area contributed by atoms with Crippen LogP contribution in [-0.2, 0) is 14.3 Å². The molecule has 0 spiro atoms. The summed E-state index contributed by atoms with van der Waals surface area (Å²) in [7, 11) is 4.31. The van der Waals surface area contributed by atoms with Gasteiger partial charge >= 0.3 is 5.97 Å². The summed E-state index contributed by atoms with van der Waals surface area (Å²) in [6.07, 6.45) is 1.52. The number of rotatable bonds is 12. The van der Waals surface area contributed by atoms with Crippen molar-refractivity contribution in [3.63, 3.8) is 0 Å². The summed E-state index contributed by atoms with van der Waals surface area (Å²) in [4.78, 5) is 51.7. The molecule has 0 aliphatic heterocycles. The van der Waals surface area contributed by atoms with Gasteiger partial charge in [0, 0.05) is 27.8 Å². The van der Waals surface area contributed by atoms with Gasteiger partial charge < -0.3 is 30.2 Å². The van der Waals surface area contributed by atoms with Gasteiger partial charge in [-0.3, -0.25) is 14.4 Å². The van der Waals surface area contributed by atoms with E-state index in [2.05, 4.69) is 16.0 Å². The highest BCUT2D eigenvalue weighted by Gasteiger charge is 2.17. The van der Waals surface area contributed by atoms with Gasteiger partial charge in [-0.25, -0.2) is 4.79 Å². The molecule has 0 saturated carbocycles. The standard InChI is InChI=1S/C34H31N3O7S/c1-42-25-16-13-23(30(20-25)43-2)19-29(37-32(39)22-9-5-4-6-10-22)33(40)35-24-14-17-26(18-15-24)45-21-31(38)36-28-12-8-7-11-27(28)34(41)44-3/h4-20H,21H2,1-3H3,(H,35,40)(H,36,38)(H,37,39)/b29-19-. The molecule has 4 rings (SSSR count). The van der Waals surface area contributed by atoms with E-state index in [9.17, 15) is 19.2 Å². The fourth-order valence-corrected chi connectivity index (χ4v) is 4.78. The van der Waals surface area contributed by atoms with E-state index in [1.807, 2.05) is 0 Å². The van der Waals surface area contributed by atoms with Crippen LogP contribution in [0.1, 0.15) is 26.3 Å². The first kappa shape index (κ1) is 32.4. The zero-order chi connectivity index (χ0) is 32.2. The van der Waals surface area contributed by atoms with E-state index in [4.69, 9.17) is 14.2 Å². The normalized spacial score (nSPS) is 10.8. The summed E-state index contributed by atoms with van der Waals surface area (Å²) in [5, 5.41) is 8.25. The van der Waals surface area contributed by atoms with Gasteiger partial charge in [0.25, 0.3) is 11.8 Å². The van der Waals surface area contributed by atoms with Gasteiger partial charge in [-0.15, -0.1) is 11.8 Å². The molecule has 0 aliphatic carbocycles. The van der Waals surface area contributed by atoms with Gasteiger partial charge in [0.05, 0.1) is 38.3 Å². The van der Waals surface area contributed by atoms with Crippen molar-refractivity contribution in [3.05, 3.63) is 119 Å². The molecule has 0 atom stereocenters. The van der Waals surface area contributed by atoms with E-state index in [0.29, 0.717) is 34.0 Å². The third kappa shape index (κ3) is 8.97. The minimum atomic E-state index is -0.554. The smallest absolute Gasteiger partial charge is 0.339 e. The number of anilines is 2. The molecule has 45 heavy (non-hydrogen) atoms. The molecule has 4 aromatic rings. The van der Waals surface area contributed by atoms with Crippen LogP contribution in [0.5, 0.6) is 11.5 Å². The highest BCUT2D eigenvalue weighted by molar-refractivity contribution is 8.00. The number of carbonyl (C=O) groups is 4.